The van der Waals surface area contributed by atoms with Gasteiger partial charge < -0.3 is 12.4 Å². The summed E-state index contributed by atoms with van der Waals surface area (Å²) < 4.78 is 2.06. The largest absolute Gasteiger partial charge is 1.00 e. The van der Waals surface area contributed by atoms with E-state index in [2.05, 4.69) is 9.48 Å². The second-order valence-electron chi connectivity index (χ2n) is 3.78. The van der Waals surface area contributed by atoms with Gasteiger partial charge in [0.25, 0.3) is 0 Å². The smallest absolute Gasteiger partial charge is 0.326 e. The molecule has 2 atom stereocenters. The fraction of sp³-hybridized carbons (Fsp3) is 0.750. The van der Waals surface area contributed by atoms with Gasteiger partial charge in [-0.25, -0.2) is 14.3 Å². The van der Waals surface area contributed by atoms with Crippen LogP contribution in [0.4, 0.5) is 4.79 Å². The molecule has 2 rings (SSSR count). The summed E-state index contributed by atoms with van der Waals surface area (Å²) in [4.78, 5) is 17.2. The lowest BCUT2D eigenvalue weighted by atomic mass is 10.4. The monoisotopic (exact) mass is 218 g/mol. The number of rotatable bonds is 0. The maximum Gasteiger partial charge on any atom is 0.326 e. The fourth-order valence-electron chi connectivity index (χ4n) is 2.27. The molecule has 1 fully saturated rings. The molecule has 0 aromatic carbocycles. The molecule has 0 aliphatic carbocycles. The van der Waals surface area contributed by atoms with E-state index in [4.69, 9.17) is 0 Å². The summed E-state index contributed by atoms with van der Waals surface area (Å²) in [7, 11) is 7.66. The highest BCUT2D eigenvalue weighted by molar-refractivity contribution is 5.78. The molecule has 0 saturated carbocycles. The van der Waals surface area contributed by atoms with Crippen LogP contribution < -0.4 is 12.4 Å². The number of halogens is 1. The molecule has 0 radical (unpaired) electrons. The number of hydrogen-bond acceptors (Lipinski definition) is 2. The van der Waals surface area contributed by atoms with Crippen molar-refractivity contribution in [3.8, 4) is 0 Å². The average Bonchev–Trinajstić information content (AvgIpc) is 2.47. The van der Waals surface area contributed by atoms with E-state index < -0.39 is 0 Å². The van der Waals surface area contributed by atoms with Gasteiger partial charge in [-0.2, -0.15) is 0 Å². The molecule has 0 aromatic heterocycles. The second-order valence-corrected chi connectivity index (χ2v) is 3.78. The molecular formula is C8H15ClN4O. The van der Waals surface area contributed by atoms with Crippen molar-refractivity contribution < 1.29 is 21.8 Å². The van der Waals surface area contributed by atoms with Crippen LogP contribution in [0.15, 0.2) is 0 Å². The summed E-state index contributed by atoms with van der Waals surface area (Å²) in [6.07, 6.45) is 2.33. The number of fused-ring (bicyclic) bond motifs is 1. The number of urea groups is 1. The molecule has 2 aliphatic rings. The zero-order valence-corrected chi connectivity index (χ0v) is 9.56. The molecule has 0 spiro atoms. The van der Waals surface area contributed by atoms with Crippen molar-refractivity contribution in [3.05, 3.63) is 0 Å². The minimum absolute atomic E-state index is 0. The molecule has 0 N–H and O–H groups in total. The van der Waals surface area contributed by atoms with Gasteiger partial charge in [-0.1, -0.05) is 0 Å². The minimum Gasteiger partial charge on any atom is -1.00 e. The van der Waals surface area contributed by atoms with E-state index in [-0.39, 0.29) is 30.8 Å². The summed E-state index contributed by atoms with van der Waals surface area (Å²) in [5.74, 6) is 0. The summed E-state index contributed by atoms with van der Waals surface area (Å²) >= 11 is 0. The van der Waals surface area contributed by atoms with E-state index in [1.807, 2.05) is 34.5 Å². The Balaban J connectivity index is 0.000000980. The first kappa shape index (κ1) is 11.1. The zero-order chi connectivity index (χ0) is 9.75. The Morgan fingerprint density at radius 3 is 2.36 bits per heavy atom. The predicted octanol–water partition coefficient (Wildman–Crippen LogP) is -3.74. The number of carbonyl (C=O) groups excluding carboxylic acids is 1. The van der Waals surface area contributed by atoms with Gasteiger partial charge in [0.2, 0.25) is 18.7 Å². The standard InChI is InChI=1S/C8H15N4O.ClH/c1-9-5-10(2)7-6(9)11(3)8(13)12(7)4;/h5-7H,1-4H3;1H/q+1;/p-1. The summed E-state index contributed by atoms with van der Waals surface area (Å²) in [6, 6.07) is 0.0850. The third kappa shape index (κ3) is 1.15. The Hall–Kier alpha value is -0.970. The quantitative estimate of drug-likeness (QED) is 0.391. The molecule has 2 heterocycles. The van der Waals surface area contributed by atoms with Crippen molar-refractivity contribution in [1.29, 1.82) is 0 Å². The second kappa shape index (κ2) is 3.31. The topological polar surface area (TPSA) is 29.8 Å². The SMILES string of the molecule is CN1C=[N+](C)C2C1N(C)C(=O)N2C.[Cl-]. The van der Waals surface area contributed by atoms with Crippen LogP contribution in [0, 0.1) is 0 Å². The van der Waals surface area contributed by atoms with Crippen molar-refractivity contribution >= 4 is 12.4 Å². The van der Waals surface area contributed by atoms with Crippen molar-refractivity contribution in [2.45, 2.75) is 12.3 Å². The summed E-state index contributed by atoms with van der Waals surface area (Å²) in [6.45, 7) is 0. The van der Waals surface area contributed by atoms with Crippen molar-refractivity contribution in [1.82, 2.24) is 14.7 Å². The number of likely N-dealkylation sites (N-methyl/N-ethyl adjacent to an activating group) is 4. The van der Waals surface area contributed by atoms with E-state index in [1.165, 1.54) is 0 Å². The summed E-state index contributed by atoms with van der Waals surface area (Å²) in [5.41, 5.74) is 0. The van der Waals surface area contributed by atoms with Gasteiger partial charge >= 0.3 is 6.03 Å². The first-order valence-corrected chi connectivity index (χ1v) is 4.32. The Kier molecular flexibility index (Phi) is 2.63. The number of nitrogens with zero attached hydrogens (tertiary/aromatic N) is 4. The highest BCUT2D eigenvalue weighted by atomic mass is 35.5. The van der Waals surface area contributed by atoms with Gasteiger partial charge in [0.05, 0.1) is 14.1 Å². The Morgan fingerprint density at radius 2 is 1.86 bits per heavy atom. The van der Waals surface area contributed by atoms with Gasteiger partial charge in [0.15, 0.2) is 0 Å². The molecule has 1 saturated heterocycles. The van der Waals surface area contributed by atoms with Crippen LogP contribution in [0.5, 0.6) is 0 Å². The average molecular weight is 219 g/mol. The van der Waals surface area contributed by atoms with Crippen molar-refractivity contribution in [2.75, 3.05) is 28.2 Å². The summed E-state index contributed by atoms with van der Waals surface area (Å²) in [5, 5.41) is 0. The molecule has 5 nitrogen and oxygen atoms in total. The Bertz CT molecular complexity index is 293. The lowest BCUT2D eigenvalue weighted by molar-refractivity contribution is -0.546. The molecule has 2 unspecified atom stereocenters. The minimum atomic E-state index is 0. The van der Waals surface area contributed by atoms with E-state index in [0.29, 0.717) is 0 Å². The van der Waals surface area contributed by atoms with Gasteiger partial charge in [-0.05, 0) is 0 Å². The van der Waals surface area contributed by atoms with Crippen LogP contribution >= 0.6 is 0 Å². The predicted molar refractivity (Wildman–Crippen MR) is 48.5 cm³/mol. The van der Waals surface area contributed by atoms with Crippen LogP contribution in [-0.4, -0.2) is 72.2 Å². The van der Waals surface area contributed by atoms with E-state index in [1.54, 1.807) is 9.80 Å². The van der Waals surface area contributed by atoms with Gasteiger partial charge in [0.1, 0.15) is 0 Å². The fourth-order valence-corrected chi connectivity index (χ4v) is 2.27. The van der Waals surface area contributed by atoms with Gasteiger partial charge in [0, 0.05) is 14.1 Å². The Morgan fingerprint density at radius 1 is 1.29 bits per heavy atom. The van der Waals surface area contributed by atoms with E-state index in [0.717, 1.165) is 0 Å². The lowest BCUT2D eigenvalue weighted by Gasteiger charge is -2.17. The molecule has 0 bridgehead atoms. The van der Waals surface area contributed by atoms with Crippen LogP contribution in [0.2, 0.25) is 0 Å². The van der Waals surface area contributed by atoms with E-state index in [9.17, 15) is 4.79 Å². The maximum atomic E-state index is 11.6. The molecule has 2 amide bonds. The van der Waals surface area contributed by atoms with Crippen LogP contribution in [0.25, 0.3) is 0 Å². The molecular weight excluding hydrogens is 204 g/mol. The molecule has 14 heavy (non-hydrogen) atoms. The molecule has 6 heteroatoms. The third-order valence-corrected chi connectivity index (χ3v) is 2.86. The molecule has 2 aliphatic heterocycles. The van der Waals surface area contributed by atoms with Gasteiger partial charge in [-0.15, -0.1) is 0 Å². The first-order valence-electron chi connectivity index (χ1n) is 4.32. The molecule has 0 aromatic rings. The normalized spacial score (nSPS) is 30.4. The van der Waals surface area contributed by atoms with E-state index >= 15 is 0 Å². The zero-order valence-electron chi connectivity index (χ0n) is 8.81. The Labute approximate surface area is 90.0 Å². The first-order chi connectivity index (χ1) is 6.04. The maximum absolute atomic E-state index is 11.6. The number of amides is 2. The highest BCUT2D eigenvalue weighted by Gasteiger charge is 2.53. The van der Waals surface area contributed by atoms with Crippen LogP contribution in [0.3, 0.4) is 0 Å². The van der Waals surface area contributed by atoms with Gasteiger partial charge in [-0.3, -0.25) is 9.80 Å². The highest BCUT2D eigenvalue weighted by Crippen LogP contribution is 2.24. The third-order valence-electron chi connectivity index (χ3n) is 2.86. The van der Waals surface area contributed by atoms with Crippen LogP contribution in [0.1, 0.15) is 0 Å². The van der Waals surface area contributed by atoms with Crippen LogP contribution in [-0.2, 0) is 0 Å². The molecule has 80 valence electrons. The number of carbonyl (C=O) groups is 1. The van der Waals surface area contributed by atoms with Crippen molar-refractivity contribution in [3.63, 3.8) is 0 Å². The number of hydrogen-bond donors (Lipinski definition) is 0. The van der Waals surface area contributed by atoms with Crippen molar-refractivity contribution in [2.24, 2.45) is 0 Å². The lowest BCUT2D eigenvalue weighted by Crippen LogP contribution is -3.00.